The van der Waals surface area contributed by atoms with Crippen LogP contribution in [0.15, 0.2) is 54.2 Å². The van der Waals surface area contributed by atoms with Crippen LogP contribution >= 0.6 is 23.2 Å². The first-order valence-electron chi connectivity index (χ1n) is 7.02. The number of nitrogens with zero attached hydrogens (tertiary/aromatic N) is 1. The van der Waals surface area contributed by atoms with Gasteiger partial charge < -0.3 is 10.6 Å². The van der Waals surface area contributed by atoms with Crippen molar-refractivity contribution in [2.24, 2.45) is 0 Å². The molecule has 2 aromatic rings. The average Bonchev–Trinajstić information content (AvgIpc) is 2.59. The molecule has 2 N–H and O–H groups in total. The number of carbonyl (C=O) groups is 1. The van der Waals surface area contributed by atoms with Gasteiger partial charge in [-0.25, -0.2) is 0 Å². The fourth-order valence-corrected chi connectivity index (χ4v) is 2.29. The molecule has 0 saturated carbocycles. The predicted octanol–water partition coefficient (Wildman–Crippen LogP) is 5.47. The van der Waals surface area contributed by atoms with Crippen LogP contribution in [-0.2, 0) is 11.0 Å². The number of nitriles is 1. The maximum Gasteiger partial charge on any atom is 0.418 e. The Balaban J connectivity index is 2.23. The topological polar surface area (TPSA) is 64.9 Å². The highest BCUT2D eigenvalue weighted by molar-refractivity contribution is 6.44. The van der Waals surface area contributed by atoms with Crippen LogP contribution in [0.2, 0.25) is 10.0 Å². The normalized spacial score (nSPS) is 11.6. The van der Waals surface area contributed by atoms with Crippen LogP contribution in [0.3, 0.4) is 0 Å². The fourth-order valence-electron chi connectivity index (χ4n) is 1.94. The van der Waals surface area contributed by atoms with Gasteiger partial charge in [-0.1, -0.05) is 41.4 Å². The number of alkyl halides is 3. The summed E-state index contributed by atoms with van der Waals surface area (Å²) in [4.78, 5) is 12.1. The quantitative estimate of drug-likeness (QED) is 0.529. The number of benzene rings is 2. The summed E-state index contributed by atoms with van der Waals surface area (Å²) in [5.74, 6) is -0.853. The van der Waals surface area contributed by atoms with Crippen LogP contribution in [0.5, 0.6) is 0 Å². The molecule has 0 heterocycles. The molecule has 26 heavy (non-hydrogen) atoms. The summed E-state index contributed by atoms with van der Waals surface area (Å²) < 4.78 is 38.9. The standard InChI is InChI=1S/C17H10Cl2F3N3O/c18-12-5-3-7-14(15(12)19)25-16(26)10(8-23)9-24-13-6-2-1-4-11(13)17(20,21)22/h1-7,9,24H,(H,25,26)/b10-9-. The molecule has 0 bridgehead atoms. The van der Waals surface area contributed by atoms with Gasteiger partial charge in [0.05, 0.1) is 27.0 Å². The molecule has 0 fully saturated rings. The molecule has 0 saturated heterocycles. The zero-order valence-corrected chi connectivity index (χ0v) is 14.4. The molecule has 0 atom stereocenters. The van der Waals surface area contributed by atoms with Crippen molar-refractivity contribution in [3.8, 4) is 6.07 Å². The van der Waals surface area contributed by atoms with E-state index in [0.717, 1.165) is 12.3 Å². The Morgan fingerprint density at radius 1 is 1.08 bits per heavy atom. The maximum atomic E-state index is 13.0. The SMILES string of the molecule is N#C/C(=C/Nc1ccccc1C(F)(F)F)C(=O)Nc1cccc(Cl)c1Cl. The lowest BCUT2D eigenvalue weighted by Crippen LogP contribution is -2.15. The van der Waals surface area contributed by atoms with E-state index < -0.39 is 23.2 Å². The Labute approximate surface area is 156 Å². The first-order valence-corrected chi connectivity index (χ1v) is 7.78. The Morgan fingerprint density at radius 2 is 1.73 bits per heavy atom. The third kappa shape index (κ3) is 4.69. The molecule has 0 spiro atoms. The largest absolute Gasteiger partial charge is 0.418 e. The van der Waals surface area contributed by atoms with Gasteiger partial charge in [0.15, 0.2) is 0 Å². The van der Waals surface area contributed by atoms with Crippen molar-refractivity contribution in [1.82, 2.24) is 0 Å². The Kier molecular flexibility index (Phi) is 6.14. The van der Waals surface area contributed by atoms with E-state index in [4.69, 9.17) is 28.5 Å². The summed E-state index contributed by atoms with van der Waals surface area (Å²) in [5.41, 5.74) is -1.49. The molecule has 0 aromatic heterocycles. The van der Waals surface area contributed by atoms with Crippen LogP contribution in [0, 0.1) is 11.3 Å². The van der Waals surface area contributed by atoms with E-state index in [-0.39, 0.29) is 21.4 Å². The zero-order chi connectivity index (χ0) is 19.3. The van der Waals surface area contributed by atoms with Gasteiger partial charge in [0.2, 0.25) is 0 Å². The highest BCUT2D eigenvalue weighted by atomic mass is 35.5. The smallest absolute Gasteiger partial charge is 0.360 e. The van der Waals surface area contributed by atoms with E-state index in [1.165, 1.54) is 36.4 Å². The van der Waals surface area contributed by atoms with Crippen molar-refractivity contribution in [3.63, 3.8) is 0 Å². The van der Waals surface area contributed by atoms with E-state index in [0.29, 0.717) is 0 Å². The van der Waals surface area contributed by atoms with Crippen molar-refractivity contribution in [1.29, 1.82) is 5.26 Å². The molecule has 0 unspecified atom stereocenters. The number of carbonyl (C=O) groups excluding carboxylic acids is 1. The number of rotatable bonds is 4. The molecule has 0 aliphatic rings. The summed E-state index contributed by atoms with van der Waals surface area (Å²) in [6, 6.07) is 10.8. The number of hydrogen-bond donors (Lipinski definition) is 2. The lowest BCUT2D eigenvalue weighted by molar-refractivity contribution is -0.136. The Morgan fingerprint density at radius 3 is 2.38 bits per heavy atom. The fraction of sp³-hybridized carbons (Fsp3) is 0.0588. The summed E-state index contributed by atoms with van der Waals surface area (Å²) >= 11 is 11.8. The van der Waals surface area contributed by atoms with Crippen LogP contribution in [-0.4, -0.2) is 5.91 Å². The second-order valence-corrected chi connectivity index (χ2v) is 5.70. The maximum absolute atomic E-state index is 13.0. The van der Waals surface area contributed by atoms with Crippen LogP contribution < -0.4 is 10.6 Å². The summed E-state index contributed by atoms with van der Waals surface area (Å²) in [6.45, 7) is 0. The summed E-state index contributed by atoms with van der Waals surface area (Å²) in [6.07, 6.45) is -3.70. The number of amides is 1. The molecule has 0 aliphatic carbocycles. The highest BCUT2D eigenvalue weighted by Gasteiger charge is 2.33. The molecular weight excluding hydrogens is 390 g/mol. The van der Waals surface area contributed by atoms with E-state index in [1.807, 2.05) is 0 Å². The third-order valence-corrected chi connectivity index (χ3v) is 3.99. The summed E-state index contributed by atoms with van der Waals surface area (Å²) in [7, 11) is 0. The predicted molar refractivity (Wildman–Crippen MR) is 93.9 cm³/mol. The minimum absolute atomic E-state index is 0.0789. The van der Waals surface area contributed by atoms with Gasteiger partial charge in [-0.2, -0.15) is 18.4 Å². The Hall–Kier alpha value is -2.69. The first kappa shape index (κ1) is 19.6. The van der Waals surface area contributed by atoms with Crippen molar-refractivity contribution in [3.05, 3.63) is 69.8 Å². The highest BCUT2D eigenvalue weighted by Crippen LogP contribution is 2.34. The third-order valence-electron chi connectivity index (χ3n) is 3.17. The first-order chi connectivity index (χ1) is 12.2. The van der Waals surface area contributed by atoms with Gasteiger partial charge in [-0.15, -0.1) is 0 Å². The van der Waals surface area contributed by atoms with Gasteiger partial charge in [-0.3, -0.25) is 4.79 Å². The molecule has 2 rings (SSSR count). The summed E-state index contributed by atoms with van der Waals surface area (Å²) in [5, 5.41) is 14.1. The monoisotopic (exact) mass is 399 g/mol. The molecule has 2 aromatic carbocycles. The molecular formula is C17H10Cl2F3N3O. The molecule has 134 valence electrons. The number of anilines is 2. The number of halogens is 5. The molecule has 0 aliphatic heterocycles. The number of para-hydroxylation sites is 1. The lowest BCUT2D eigenvalue weighted by atomic mass is 10.1. The van der Waals surface area contributed by atoms with Crippen LogP contribution in [0.25, 0.3) is 0 Å². The van der Waals surface area contributed by atoms with E-state index >= 15 is 0 Å². The van der Waals surface area contributed by atoms with E-state index in [2.05, 4.69) is 10.6 Å². The van der Waals surface area contributed by atoms with E-state index in [1.54, 1.807) is 6.07 Å². The minimum Gasteiger partial charge on any atom is -0.360 e. The second-order valence-electron chi connectivity index (χ2n) is 4.91. The van der Waals surface area contributed by atoms with Gasteiger partial charge in [0.25, 0.3) is 5.91 Å². The molecule has 1 amide bonds. The minimum atomic E-state index is -4.58. The van der Waals surface area contributed by atoms with Crippen molar-refractivity contribution < 1.29 is 18.0 Å². The van der Waals surface area contributed by atoms with Gasteiger partial charge in [0.1, 0.15) is 11.6 Å². The molecule has 4 nitrogen and oxygen atoms in total. The van der Waals surface area contributed by atoms with Crippen molar-refractivity contribution >= 4 is 40.5 Å². The lowest BCUT2D eigenvalue weighted by Gasteiger charge is -2.12. The number of nitrogens with one attached hydrogen (secondary N) is 2. The van der Waals surface area contributed by atoms with Crippen LogP contribution in [0.1, 0.15) is 5.56 Å². The molecule has 0 radical (unpaired) electrons. The second kappa shape index (κ2) is 8.13. The van der Waals surface area contributed by atoms with Crippen molar-refractivity contribution in [2.75, 3.05) is 10.6 Å². The van der Waals surface area contributed by atoms with Gasteiger partial charge in [-0.05, 0) is 24.3 Å². The average molecular weight is 400 g/mol. The molecule has 9 heteroatoms. The van der Waals surface area contributed by atoms with E-state index in [9.17, 15) is 18.0 Å². The Bertz CT molecular complexity index is 905. The van der Waals surface area contributed by atoms with Gasteiger partial charge >= 0.3 is 6.18 Å². The zero-order valence-electron chi connectivity index (χ0n) is 12.9. The van der Waals surface area contributed by atoms with Crippen molar-refractivity contribution in [2.45, 2.75) is 6.18 Å². The van der Waals surface area contributed by atoms with Gasteiger partial charge in [0, 0.05) is 6.20 Å². The van der Waals surface area contributed by atoms with Crippen LogP contribution in [0.4, 0.5) is 24.5 Å². The number of hydrogen-bond acceptors (Lipinski definition) is 3.